The Kier molecular flexibility index (Phi) is 5.96. The van der Waals surface area contributed by atoms with Crippen molar-refractivity contribution in [2.45, 2.75) is 0 Å². The summed E-state index contributed by atoms with van der Waals surface area (Å²) in [6.07, 6.45) is 0. The molecule has 25 heavy (non-hydrogen) atoms. The Morgan fingerprint density at radius 3 is 2.40 bits per heavy atom. The monoisotopic (exact) mass is 340 g/mol. The predicted molar refractivity (Wildman–Crippen MR) is 89.6 cm³/mol. The van der Waals surface area contributed by atoms with E-state index >= 15 is 0 Å². The molecule has 0 unspecified atom stereocenters. The van der Waals surface area contributed by atoms with Crippen molar-refractivity contribution in [2.24, 2.45) is 0 Å². The van der Waals surface area contributed by atoms with E-state index < -0.39 is 18.5 Å². The van der Waals surface area contributed by atoms with E-state index in [1.54, 1.807) is 36.4 Å². The van der Waals surface area contributed by atoms with Gasteiger partial charge in [-0.15, -0.1) is 0 Å². The van der Waals surface area contributed by atoms with Gasteiger partial charge in [-0.3, -0.25) is 4.79 Å². The summed E-state index contributed by atoms with van der Waals surface area (Å²) in [4.78, 5) is 24.0. The molecule has 7 heteroatoms. The molecule has 0 saturated carbocycles. The van der Waals surface area contributed by atoms with Gasteiger partial charge in [0, 0.05) is 11.8 Å². The van der Waals surface area contributed by atoms with Crippen LogP contribution in [0.3, 0.4) is 0 Å². The normalized spacial score (nSPS) is 9.64. The van der Waals surface area contributed by atoms with Crippen LogP contribution in [0.2, 0.25) is 0 Å². The first-order valence-corrected chi connectivity index (χ1v) is 7.26. The van der Waals surface area contributed by atoms with Crippen molar-refractivity contribution in [3.63, 3.8) is 0 Å². The number of esters is 1. The molecule has 1 N–H and O–H groups in total. The quantitative estimate of drug-likeness (QED) is 0.811. The van der Waals surface area contributed by atoms with Crippen LogP contribution in [-0.2, 0) is 9.53 Å². The summed E-state index contributed by atoms with van der Waals surface area (Å²) in [5, 5.41) is 11.3. The highest BCUT2D eigenvalue weighted by Crippen LogP contribution is 2.25. The molecular formula is C18H16N2O5. The molecule has 0 aliphatic rings. The van der Waals surface area contributed by atoms with E-state index in [2.05, 4.69) is 5.32 Å². The number of carbonyl (C=O) groups excluding carboxylic acids is 2. The van der Waals surface area contributed by atoms with Gasteiger partial charge in [-0.05, 0) is 36.4 Å². The first-order chi connectivity index (χ1) is 12.1. The lowest BCUT2D eigenvalue weighted by Crippen LogP contribution is -2.21. The summed E-state index contributed by atoms with van der Waals surface area (Å²) < 4.78 is 15.2. The summed E-state index contributed by atoms with van der Waals surface area (Å²) >= 11 is 0. The van der Waals surface area contributed by atoms with E-state index in [0.29, 0.717) is 17.0 Å². The van der Waals surface area contributed by atoms with Gasteiger partial charge in [-0.2, -0.15) is 5.26 Å². The maximum Gasteiger partial charge on any atom is 0.342 e. The first-order valence-electron chi connectivity index (χ1n) is 7.26. The van der Waals surface area contributed by atoms with Crippen LogP contribution in [0.25, 0.3) is 0 Å². The van der Waals surface area contributed by atoms with Gasteiger partial charge in [0.1, 0.15) is 17.1 Å². The molecule has 128 valence electrons. The Hall–Kier alpha value is -3.53. The fourth-order valence-electron chi connectivity index (χ4n) is 2.00. The zero-order valence-electron chi connectivity index (χ0n) is 13.7. The Labute approximate surface area is 144 Å². The zero-order chi connectivity index (χ0) is 18.2. The molecule has 0 heterocycles. The summed E-state index contributed by atoms with van der Waals surface area (Å²) in [5.74, 6) is -0.358. The lowest BCUT2D eigenvalue weighted by Gasteiger charge is -2.10. The number of rotatable bonds is 6. The van der Waals surface area contributed by atoms with Gasteiger partial charge in [0.2, 0.25) is 0 Å². The fourth-order valence-corrected chi connectivity index (χ4v) is 2.00. The molecule has 0 aliphatic carbocycles. The highest BCUT2D eigenvalue weighted by molar-refractivity contribution is 5.96. The topological polar surface area (TPSA) is 97.6 Å². The van der Waals surface area contributed by atoms with Gasteiger partial charge in [0.05, 0.1) is 25.9 Å². The number of benzene rings is 2. The van der Waals surface area contributed by atoms with E-state index in [0.717, 1.165) is 0 Å². The van der Waals surface area contributed by atoms with Crippen molar-refractivity contribution in [3.8, 4) is 17.6 Å². The minimum Gasteiger partial charge on any atom is -0.497 e. The summed E-state index contributed by atoms with van der Waals surface area (Å²) in [7, 11) is 2.92. The molecule has 1 amide bonds. The van der Waals surface area contributed by atoms with Crippen molar-refractivity contribution >= 4 is 17.6 Å². The number of nitriles is 1. The second-order valence-corrected chi connectivity index (χ2v) is 4.88. The Morgan fingerprint density at radius 1 is 1.08 bits per heavy atom. The van der Waals surface area contributed by atoms with Gasteiger partial charge in [0.25, 0.3) is 5.91 Å². The van der Waals surface area contributed by atoms with Crippen molar-refractivity contribution in [3.05, 3.63) is 53.6 Å². The molecule has 2 rings (SSSR count). The third-order valence-corrected chi connectivity index (χ3v) is 3.26. The largest absolute Gasteiger partial charge is 0.497 e. The van der Waals surface area contributed by atoms with E-state index in [1.807, 2.05) is 6.07 Å². The molecular weight excluding hydrogens is 324 g/mol. The Bertz CT molecular complexity index is 809. The second-order valence-electron chi connectivity index (χ2n) is 4.88. The predicted octanol–water partition coefficient (Wildman–Crippen LogP) is 2.37. The van der Waals surface area contributed by atoms with Crippen LogP contribution < -0.4 is 14.8 Å². The van der Waals surface area contributed by atoms with Crippen molar-refractivity contribution < 1.29 is 23.8 Å². The number of hydrogen-bond acceptors (Lipinski definition) is 6. The van der Waals surface area contributed by atoms with Gasteiger partial charge in [-0.25, -0.2) is 4.79 Å². The van der Waals surface area contributed by atoms with Crippen LogP contribution in [0, 0.1) is 11.3 Å². The third kappa shape index (κ3) is 4.72. The highest BCUT2D eigenvalue weighted by atomic mass is 16.5. The average molecular weight is 340 g/mol. The molecule has 0 aliphatic heterocycles. The van der Waals surface area contributed by atoms with E-state index in [9.17, 15) is 9.59 Å². The highest BCUT2D eigenvalue weighted by Gasteiger charge is 2.16. The minimum atomic E-state index is -0.686. The van der Waals surface area contributed by atoms with Crippen LogP contribution in [0.5, 0.6) is 11.5 Å². The lowest BCUT2D eigenvalue weighted by atomic mass is 10.2. The van der Waals surface area contributed by atoms with Crippen molar-refractivity contribution in [1.29, 1.82) is 5.26 Å². The maximum absolute atomic E-state index is 12.1. The standard InChI is InChI=1S/C18H16N2O5/c1-23-14-7-8-15(16(9-14)24-2)18(22)25-11-17(21)20-13-5-3-12(10-19)4-6-13/h3-9H,11H2,1-2H3,(H,20,21). The molecule has 0 spiro atoms. The number of methoxy groups -OCH3 is 2. The number of ether oxygens (including phenoxy) is 3. The van der Waals surface area contributed by atoms with Crippen LogP contribution in [0.15, 0.2) is 42.5 Å². The molecule has 2 aromatic carbocycles. The van der Waals surface area contributed by atoms with Crippen LogP contribution in [0.4, 0.5) is 5.69 Å². The molecule has 0 fully saturated rings. The SMILES string of the molecule is COc1ccc(C(=O)OCC(=O)Nc2ccc(C#N)cc2)c(OC)c1. The molecule has 0 saturated heterocycles. The second kappa shape index (κ2) is 8.36. The number of hydrogen-bond donors (Lipinski definition) is 1. The summed E-state index contributed by atoms with van der Waals surface area (Å²) in [6.45, 7) is -0.450. The Morgan fingerprint density at radius 2 is 1.80 bits per heavy atom. The fraction of sp³-hybridized carbons (Fsp3) is 0.167. The van der Waals surface area contributed by atoms with E-state index in [4.69, 9.17) is 19.5 Å². The number of amides is 1. The Balaban J connectivity index is 1.95. The van der Waals surface area contributed by atoms with Gasteiger partial charge >= 0.3 is 5.97 Å². The van der Waals surface area contributed by atoms with Crippen molar-refractivity contribution in [2.75, 3.05) is 26.1 Å². The van der Waals surface area contributed by atoms with Crippen molar-refractivity contribution in [1.82, 2.24) is 0 Å². The van der Waals surface area contributed by atoms with E-state index in [-0.39, 0.29) is 11.3 Å². The van der Waals surface area contributed by atoms with E-state index in [1.165, 1.54) is 20.3 Å². The molecule has 2 aromatic rings. The van der Waals surface area contributed by atoms with Crippen LogP contribution in [-0.4, -0.2) is 32.7 Å². The average Bonchev–Trinajstić information content (AvgIpc) is 2.66. The van der Waals surface area contributed by atoms with Gasteiger partial charge < -0.3 is 19.5 Å². The molecule has 0 radical (unpaired) electrons. The number of nitrogens with one attached hydrogen (secondary N) is 1. The van der Waals surface area contributed by atoms with Gasteiger partial charge in [0.15, 0.2) is 6.61 Å². The molecule has 0 atom stereocenters. The maximum atomic E-state index is 12.1. The lowest BCUT2D eigenvalue weighted by molar-refractivity contribution is -0.119. The first kappa shape index (κ1) is 17.8. The smallest absolute Gasteiger partial charge is 0.342 e. The van der Waals surface area contributed by atoms with Crippen LogP contribution in [0.1, 0.15) is 15.9 Å². The molecule has 0 bridgehead atoms. The number of carbonyl (C=O) groups is 2. The minimum absolute atomic E-state index is 0.189. The summed E-state index contributed by atoms with van der Waals surface area (Å²) in [5.41, 5.74) is 1.17. The van der Waals surface area contributed by atoms with Crippen LogP contribution >= 0.6 is 0 Å². The third-order valence-electron chi connectivity index (χ3n) is 3.26. The zero-order valence-corrected chi connectivity index (χ0v) is 13.7. The summed E-state index contributed by atoms with van der Waals surface area (Å²) in [6, 6.07) is 12.9. The molecule has 7 nitrogen and oxygen atoms in total. The number of nitrogens with zero attached hydrogens (tertiary/aromatic N) is 1. The number of anilines is 1. The van der Waals surface area contributed by atoms with Gasteiger partial charge in [-0.1, -0.05) is 0 Å². The molecule has 0 aromatic heterocycles.